The van der Waals surface area contributed by atoms with Crippen LogP contribution in [-0.2, 0) is 11.3 Å². The first-order valence-electron chi connectivity index (χ1n) is 7.33. The third-order valence-electron chi connectivity index (χ3n) is 3.67. The average Bonchev–Trinajstić information content (AvgIpc) is 2.86. The van der Waals surface area contributed by atoms with Gasteiger partial charge >= 0.3 is 0 Å². The van der Waals surface area contributed by atoms with Gasteiger partial charge in [-0.25, -0.2) is 0 Å². The molecule has 9 heteroatoms. The van der Waals surface area contributed by atoms with Gasteiger partial charge in [-0.1, -0.05) is 29.8 Å². The second-order valence-corrected chi connectivity index (χ2v) is 6.76. The molecule has 0 bridgehead atoms. The van der Waals surface area contributed by atoms with Crippen molar-refractivity contribution in [3.63, 3.8) is 0 Å². The Kier molecular flexibility index (Phi) is 4.97. The van der Waals surface area contributed by atoms with Crippen LogP contribution in [0.2, 0.25) is 5.02 Å². The number of rotatable bonds is 4. The number of benzene rings is 2. The summed E-state index contributed by atoms with van der Waals surface area (Å²) >= 11 is 6.76. The number of aromatic hydroxyl groups is 1. The third-order valence-corrected chi connectivity index (χ3v) is 4.94. The van der Waals surface area contributed by atoms with E-state index in [1.807, 2.05) is 0 Å². The molecule has 1 aliphatic rings. The molecule has 7 nitrogen and oxygen atoms in total. The highest BCUT2D eigenvalue weighted by atomic mass is 35.5. The Labute approximate surface area is 157 Å². The number of non-ortho nitro benzene ring substituents is 1. The number of carbonyl (C=O) groups excluding carboxylic acids is 2. The highest BCUT2D eigenvalue weighted by molar-refractivity contribution is 8.18. The van der Waals surface area contributed by atoms with Crippen molar-refractivity contribution in [3.8, 4) is 5.75 Å². The predicted molar refractivity (Wildman–Crippen MR) is 97.7 cm³/mol. The number of amides is 2. The normalized spacial score (nSPS) is 15.7. The molecule has 2 aromatic carbocycles. The predicted octanol–water partition coefficient (Wildman–Crippen LogP) is 4.19. The molecule has 0 unspecified atom stereocenters. The molecule has 0 aromatic heterocycles. The lowest BCUT2D eigenvalue weighted by Crippen LogP contribution is -2.27. The Morgan fingerprint density at radius 2 is 1.96 bits per heavy atom. The van der Waals surface area contributed by atoms with Gasteiger partial charge in [0.1, 0.15) is 5.75 Å². The Morgan fingerprint density at radius 1 is 1.23 bits per heavy atom. The molecule has 0 radical (unpaired) electrons. The molecule has 2 amide bonds. The fraction of sp³-hybridized carbons (Fsp3) is 0.0588. The monoisotopic (exact) mass is 390 g/mol. The van der Waals surface area contributed by atoms with Crippen molar-refractivity contribution in [2.24, 2.45) is 0 Å². The maximum atomic E-state index is 12.5. The molecule has 1 fully saturated rings. The van der Waals surface area contributed by atoms with E-state index in [-0.39, 0.29) is 28.5 Å². The molecule has 1 saturated heterocycles. The highest BCUT2D eigenvalue weighted by Crippen LogP contribution is 2.36. The highest BCUT2D eigenvalue weighted by Gasteiger charge is 2.35. The Morgan fingerprint density at radius 3 is 2.65 bits per heavy atom. The summed E-state index contributed by atoms with van der Waals surface area (Å²) < 4.78 is 0. The molecule has 1 heterocycles. The van der Waals surface area contributed by atoms with Crippen LogP contribution in [0.5, 0.6) is 5.75 Å². The number of hydrogen-bond donors (Lipinski definition) is 1. The maximum absolute atomic E-state index is 12.5. The summed E-state index contributed by atoms with van der Waals surface area (Å²) in [5.41, 5.74) is 0.475. The van der Waals surface area contributed by atoms with Gasteiger partial charge in [-0.3, -0.25) is 24.6 Å². The second-order valence-electron chi connectivity index (χ2n) is 5.36. The number of phenols is 1. The molecule has 0 saturated carbocycles. The number of phenolic OH excluding ortho intramolecular Hbond substituents is 1. The fourth-order valence-corrected chi connectivity index (χ4v) is 3.37. The number of carbonyl (C=O) groups is 2. The van der Waals surface area contributed by atoms with Crippen LogP contribution in [0, 0.1) is 10.1 Å². The van der Waals surface area contributed by atoms with E-state index < -0.39 is 16.1 Å². The van der Waals surface area contributed by atoms with Crippen LogP contribution in [0.4, 0.5) is 10.5 Å². The standard InChI is InChI=1S/C17H11ClN2O5S/c18-13-4-2-1-3-10(13)9-19-16(22)15(26-17(19)23)8-11-7-12(20(24)25)5-6-14(11)21/h1-8,21H,9H2/b15-8-. The maximum Gasteiger partial charge on any atom is 0.293 e. The molecule has 0 spiro atoms. The average molecular weight is 391 g/mol. The van der Waals surface area contributed by atoms with Crippen LogP contribution in [0.15, 0.2) is 47.4 Å². The minimum atomic E-state index is -0.611. The zero-order valence-corrected chi connectivity index (χ0v) is 14.7. The van der Waals surface area contributed by atoms with Crippen LogP contribution < -0.4 is 0 Å². The molecule has 1 N–H and O–H groups in total. The SMILES string of the molecule is O=C1S/C(=C\c2cc([N+](=O)[O-])ccc2O)C(=O)N1Cc1ccccc1Cl. The van der Waals surface area contributed by atoms with Gasteiger partial charge < -0.3 is 5.11 Å². The van der Waals surface area contributed by atoms with Crippen molar-refractivity contribution in [2.45, 2.75) is 6.54 Å². The second kappa shape index (κ2) is 7.19. The van der Waals surface area contributed by atoms with Crippen molar-refractivity contribution in [2.75, 3.05) is 0 Å². The smallest absolute Gasteiger partial charge is 0.293 e. The molecule has 26 heavy (non-hydrogen) atoms. The van der Waals surface area contributed by atoms with Crippen LogP contribution in [0.1, 0.15) is 11.1 Å². The molecule has 0 aliphatic carbocycles. The van der Waals surface area contributed by atoms with Crippen molar-refractivity contribution in [3.05, 3.63) is 73.6 Å². The minimum Gasteiger partial charge on any atom is -0.507 e. The van der Waals surface area contributed by atoms with Crippen LogP contribution in [0.25, 0.3) is 6.08 Å². The van der Waals surface area contributed by atoms with E-state index in [1.165, 1.54) is 6.08 Å². The molecular weight excluding hydrogens is 380 g/mol. The molecule has 3 rings (SSSR count). The molecular formula is C17H11ClN2O5S. The summed E-state index contributed by atoms with van der Waals surface area (Å²) in [7, 11) is 0. The van der Waals surface area contributed by atoms with Gasteiger partial charge in [-0.05, 0) is 35.5 Å². The first-order valence-corrected chi connectivity index (χ1v) is 8.52. The quantitative estimate of drug-likeness (QED) is 0.477. The van der Waals surface area contributed by atoms with E-state index in [0.29, 0.717) is 22.3 Å². The van der Waals surface area contributed by atoms with Crippen LogP contribution in [0.3, 0.4) is 0 Å². The minimum absolute atomic E-state index is 0.0165. The van der Waals surface area contributed by atoms with Gasteiger partial charge in [0.15, 0.2) is 0 Å². The zero-order valence-electron chi connectivity index (χ0n) is 13.1. The molecule has 2 aromatic rings. The largest absolute Gasteiger partial charge is 0.507 e. The van der Waals surface area contributed by atoms with Crippen molar-refractivity contribution in [1.82, 2.24) is 4.90 Å². The van der Waals surface area contributed by atoms with Crippen LogP contribution in [-0.4, -0.2) is 26.1 Å². The Hall–Kier alpha value is -2.84. The van der Waals surface area contributed by atoms with Gasteiger partial charge in [0.2, 0.25) is 0 Å². The van der Waals surface area contributed by atoms with Crippen molar-refractivity contribution in [1.29, 1.82) is 0 Å². The number of imide groups is 1. The summed E-state index contributed by atoms with van der Waals surface area (Å²) in [5.74, 6) is -0.778. The van der Waals surface area contributed by atoms with Gasteiger partial charge in [0.25, 0.3) is 16.8 Å². The van der Waals surface area contributed by atoms with Gasteiger partial charge in [-0.15, -0.1) is 0 Å². The first kappa shape index (κ1) is 18.0. The van der Waals surface area contributed by atoms with E-state index in [0.717, 1.165) is 23.1 Å². The number of hydrogen-bond acceptors (Lipinski definition) is 6. The van der Waals surface area contributed by atoms with Crippen molar-refractivity contribution < 1.29 is 19.6 Å². The van der Waals surface area contributed by atoms with E-state index >= 15 is 0 Å². The number of thioether (sulfide) groups is 1. The van der Waals surface area contributed by atoms with E-state index in [2.05, 4.69) is 0 Å². The lowest BCUT2D eigenvalue weighted by molar-refractivity contribution is -0.384. The summed E-state index contributed by atoms with van der Waals surface area (Å²) in [5, 5.41) is 20.7. The van der Waals surface area contributed by atoms with E-state index in [1.54, 1.807) is 24.3 Å². The summed E-state index contributed by atoms with van der Waals surface area (Å²) in [4.78, 5) is 36.0. The summed E-state index contributed by atoms with van der Waals surface area (Å²) in [6.45, 7) is 0.0165. The van der Waals surface area contributed by atoms with Gasteiger partial charge in [-0.2, -0.15) is 0 Å². The lowest BCUT2D eigenvalue weighted by atomic mass is 10.1. The number of halogens is 1. The number of nitro groups is 1. The number of nitro benzene ring substituents is 1. The van der Waals surface area contributed by atoms with Crippen molar-refractivity contribution >= 4 is 46.3 Å². The van der Waals surface area contributed by atoms with Crippen LogP contribution >= 0.6 is 23.4 Å². The van der Waals surface area contributed by atoms with Gasteiger partial charge in [0.05, 0.1) is 16.4 Å². The van der Waals surface area contributed by atoms with E-state index in [9.17, 15) is 24.8 Å². The summed E-state index contributed by atoms with van der Waals surface area (Å²) in [6, 6.07) is 10.3. The fourth-order valence-electron chi connectivity index (χ4n) is 2.35. The van der Waals surface area contributed by atoms with E-state index in [4.69, 9.17) is 11.6 Å². The molecule has 0 atom stereocenters. The lowest BCUT2D eigenvalue weighted by Gasteiger charge is -2.13. The third kappa shape index (κ3) is 3.56. The Balaban J connectivity index is 1.89. The summed E-state index contributed by atoms with van der Waals surface area (Å²) in [6.07, 6.45) is 1.26. The number of nitrogens with zero attached hydrogens (tertiary/aromatic N) is 2. The first-order chi connectivity index (χ1) is 12.4. The molecule has 132 valence electrons. The van der Waals surface area contributed by atoms with Gasteiger partial charge in [0, 0.05) is 22.7 Å². The molecule has 1 aliphatic heterocycles. The topological polar surface area (TPSA) is 101 Å². The Bertz CT molecular complexity index is 960. The zero-order chi connectivity index (χ0) is 18.8.